The number of hydrogen-bond acceptors (Lipinski definition) is 5. The molecule has 0 aliphatic carbocycles. The topological polar surface area (TPSA) is 79.2 Å². The summed E-state index contributed by atoms with van der Waals surface area (Å²) in [7, 11) is -2.10. The van der Waals surface area contributed by atoms with E-state index in [-0.39, 0.29) is 5.75 Å². The highest BCUT2D eigenvalue weighted by Gasteiger charge is 2.23. The van der Waals surface area contributed by atoms with Crippen molar-refractivity contribution in [1.82, 2.24) is 0 Å². The summed E-state index contributed by atoms with van der Waals surface area (Å²) in [4.78, 5) is 15.3. The Morgan fingerprint density at radius 2 is 1.95 bits per heavy atom. The second kappa shape index (κ2) is 12.9. The van der Waals surface area contributed by atoms with Crippen LogP contribution in [-0.4, -0.2) is 40.2 Å². The zero-order chi connectivity index (χ0) is 26.4. The SMILES string of the molecule is C[C@H]1C/C=C/[C@H](O)CC/[SH](=O)=N\C(=O)c2ccc3c(c2)N(Cc2ccc(Cl)cc2CCCCO3)C[C@@H]1C. The van der Waals surface area contributed by atoms with Gasteiger partial charge in [-0.1, -0.05) is 43.7 Å². The number of aliphatic hydroxyl groups excluding tert-OH is 1. The van der Waals surface area contributed by atoms with Gasteiger partial charge < -0.3 is 14.7 Å². The lowest BCUT2D eigenvalue weighted by Crippen LogP contribution is -2.31. The number of nitrogens with zero attached hydrogens (tertiary/aromatic N) is 2. The summed E-state index contributed by atoms with van der Waals surface area (Å²) < 4.78 is 22.7. The molecule has 2 aromatic rings. The number of fused-ring (bicyclic) bond motifs is 2. The highest BCUT2D eigenvalue weighted by atomic mass is 35.5. The third-order valence-electron chi connectivity index (χ3n) is 7.34. The summed E-state index contributed by atoms with van der Waals surface area (Å²) in [5.41, 5.74) is 3.67. The quantitative estimate of drug-likeness (QED) is 0.321. The van der Waals surface area contributed by atoms with E-state index < -0.39 is 22.6 Å². The lowest BCUT2D eigenvalue weighted by atomic mass is 9.91. The number of ether oxygens (including phenoxy) is 1. The summed E-state index contributed by atoms with van der Waals surface area (Å²) in [5, 5.41) is 11.0. The molecule has 4 rings (SSSR count). The van der Waals surface area contributed by atoms with E-state index in [2.05, 4.69) is 35.2 Å². The summed E-state index contributed by atoms with van der Waals surface area (Å²) in [6.07, 6.45) is 7.05. The van der Waals surface area contributed by atoms with Crippen LogP contribution in [0.5, 0.6) is 5.75 Å². The van der Waals surface area contributed by atoms with Crippen LogP contribution in [0.25, 0.3) is 0 Å². The minimum Gasteiger partial charge on any atom is -0.491 e. The van der Waals surface area contributed by atoms with Crippen molar-refractivity contribution in [3.63, 3.8) is 0 Å². The second-order valence-electron chi connectivity index (χ2n) is 10.2. The smallest absolute Gasteiger partial charge is 0.284 e. The van der Waals surface area contributed by atoms with Crippen LogP contribution in [0.15, 0.2) is 52.9 Å². The van der Waals surface area contributed by atoms with Crippen LogP contribution in [0.1, 0.15) is 61.0 Å². The monoisotopic (exact) mass is 544 g/mol. The molecule has 1 N–H and O–H groups in total. The van der Waals surface area contributed by atoms with E-state index in [1.807, 2.05) is 24.3 Å². The number of allylic oxidation sites excluding steroid dienone is 1. The standard InChI is InChI=1S/C29H37ClN2O4S/c1-20-6-5-8-26(33)13-15-37(35)31-29(34)23-10-12-28-27(17-23)32(18-21(20)2)19-24-9-11-25(30)16-22(24)7-3-4-14-36-28/h5,8-12,16-17,20-21,26,33,37H,3-4,6-7,13-15,18-19H2,1-2H3/b8-5+/t20-,21-,26-/m0/s1. The first-order valence-electron chi connectivity index (χ1n) is 13.1. The number of hydrogen-bond donors (Lipinski definition) is 2. The molecule has 2 heterocycles. The molecule has 2 bridgehead atoms. The van der Waals surface area contributed by atoms with E-state index in [1.54, 1.807) is 12.1 Å². The molecule has 200 valence electrons. The van der Waals surface area contributed by atoms with Crippen LogP contribution in [0.3, 0.4) is 0 Å². The number of amides is 1. The maximum Gasteiger partial charge on any atom is 0.284 e. The largest absolute Gasteiger partial charge is 0.491 e. The first-order chi connectivity index (χ1) is 17.8. The molecule has 1 amide bonds. The molecule has 6 nitrogen and oxygen atoms in total. The Labute approximate surface area is 226 Å². The zero-order valence-electron chi connectivity index (χ0n) is 21.6. The predicted molar refractivity (Wildman–Crippen MR) is 151 cm³/mol. The van der Waals surface area contributed by atoms with Gasteiger partial charge in [0.15, 0.2) is 0 Å². The number of aryl methyl sites for hydroxylation is 1. The van der Waals surface area contributed by atoms with Crippen molar-refractivity contribution in [3.05, 3.63) is 70.3 Å². The summed E-state index contributed by atoms with van der Waals surface area (Å²) in [6, 6.07) is 11.5. The number of carbonyl (C=O) groups excluding carboxylic acids is 1. The average Bonchev–Trinajstić information content (AvgIpc) is 2.90. The molecule has 0 saturated carbocycles. The lowest BCUT2D eigenvalue weighted by molar-refractivity contribution is 0.100. The maximum atomic E-state index is 13.0. The van der Waals surface area contributed by atoms with E-state index >= 15 is 0 Å². The van der Waals surface area contributed by atoms with Crippen LogP contribution < -0.4 is 9.64 Å². The van der Waals surface area contributed by atoms with Crippen molar-refractivity contribution in [3.8, 4) is 5.75 Å². The molecule has 0 aromatic heterocycles. The van der Waals surface area contributed by atoms with Gasteiger partial charge in [-0.2, -0.15) is 4.36 Å². The van der Waals surface area contributed by atoms with Crippen molar-refractivity contribution in [1.29, 1.82) is 0 Å². The summed E-state index contributed by atoms with van der Waals surface area (Å²) in [6.45, 7) is 6.44. The van der Waals surface area contributed by atoms with Gasteiger partial charge in [-0.25, -0.2) is 0 Å². The van der Waals surface area contributed by atoms with Gasteiger partial charge >= 0.3 is 0 Å². The van der Waals surface area contributed by atoms with Gasteiger partial charge in [-0.3, -0.25) is 9.00 Å². The van der Waals surface area contributed by atoms with Crippen LogP contribution >= 0.6 is 11.6 Å². The van der Waals surface area contributed by atoms with Gasteiger partial charge in [0.05, 0.1) is 18.4 Å². The Morgan fingerprint density at radius 1 is 1.11 bits per heavy atom. The third kappa shape index (κ3) is 7.59. The Balaban J connectivity index is 1.81. The summed E-state index contributed by atoms with van der Waals surface area (Å²) >= 11 is 6.36. The average molecular weight is 545 g/mol. The molecule has 2 aromatic carbocycles. The highest BCUT2D eigenvalue weighted by Crippen LogP contribution is 2.35. The molecule has 2 aliphatic rings. The van der Waals surface area contributed by atoms with Crippen molar-refractivity contribution >= 4 is 33.8 Å². The number of benzene rings is 2. The fourth-order valence-corrected chi connectivity index (χ4v) is 5.91. The van der Waals surface area contributed by atoms with Crippen molar-refractivity contribution in [2.24, 2.45) is 16.2 Å². The molecule has 4 atom stereocenters. The molecule has 0 radical (unpaired) electrons. The molecule has 1 unspecified atom stereocenters. The van der Waals surface area contributed by atoms with Crippen LogP contribution in [0.4, 0.5) is 5.69 Å². The minimum atomic E-state index is -2.10. The molecule has 0 saturated heterocycles. The third-order valence-corrected chi connectivity index (χ3v) is 8.62. The van der Waals surface area contributed by atoms with Crippen LogP contribution in [0.2, 0.25) is 5.02 Å². The van der Waals surface area contributed by atoms with E-state index in [0.717, 1.165) is 48.7 Å². The highest BCUT2D eigenvalue weighted by molar-refractivity contribution is 7.75. The van der Waals surface area contributed by atoms with Crippen molar-refractivity contribution in [2.75, 3.05) is 23.8 Å². The minimum absolute atomic E-state index is 0.165. The maximum absolute atomic E-state index is 13.0. The Kier molecular flexibility index (Phi) is 9.68. The number of carbonyl (C=O) groups is 1. The molecule has 2 aliphatic heterocycles. The normalized spacial score (nSPS) is 27.1. The number of anilines is 1. The molecule has 0 spiro atoms. The lowest BCUT2D eigenvalue weighted by Gasteiger charge is -2.32. The molecular formula is C29H37ClN2O4S. The number of rotatable bonds is 0. The van der Waals surface area contributed by atoms with E-state index in [0.29, 0.717) is 37.0 Å². The fraction of sp³-hybridized carbons (Fsp3) is 0.483. The Hall–Kier alpha value is -2.35. The fourth-order valence-electron chi connectivity index (χ4n) is 4.81. The summed E-state index contributed by atoms with van der Waals surface area (Å²) in [5.74, 6) is 1.08. The second-order valence-corrected chi connectivity index (χ2v) is 12.0. The van der Waals surface area contributed by atoms with Crippen LogP contribution in [-0.2, 0) is 23.6 Å². The predicted octanol–water partition coefficient (Wildman–Crippen LogP) is 5.85. The number of thiol groups is 1. The zero-order valence-corrected chi connectivity index (χ0v) is 23.3. The Morgan fingerprint density at radius 3 is 2.78 bits per heavy atom. The van der Waals surface area contributed by atoms with Crippen molar-refractivity contribution < 1.29 is 18.8 Å². The molecule has 37 heavy (non-hydrogen) atoms. The number of aliphatic hydroxyl groups is 1. The van der Waals surface area contributed by atoms with Gasteiger partial charge in [0.2, 0.25) is 0 Å². The first-order valence-corrected chi connectivity index (χ1v) is 14.9. The molecular weight excluding hydrogens is 508 g/mol. The van der Waals surface area contributed by atoms with Gasteiger partial charge in [-0.15, -0.1) is 0 Å². The molecule has 8 heteroatoms. The van der Waals surface area contributed by atoms with Gasteiger partial charge in [0.25, 0.3) is 5.91 Å². The van der Waals surface area contributed by atoms with Gasteiger partial charge in [0.1, 0.15) is 5.75 Å². The molecule has 0 fully saturated rings. The number of halogens is 1. The van der Waals surface area contributed by atoms with Gasteiger partial charge in [0, 0.05) is 40.0 Å². The van der Waals surface area contributed by atoms with Crippen molar-refractivity contribution in [2.45, 2.75) is 58.6 Å². The Bertz CT molecular complexity index is 1220. The van der Waals surface area contributed by atoms with E-state index in [1.165, 1.54) is 11.1 Å². The van der Waals surface area contributed by atoms with Crippen LogP contribution in [0, 0.1) is 11.8 Å². The first kappa shape index (κ1) is 27.7. The van der Waals surface area contributed by atoms with E-state index in [9.17, 15) is 14.1 Å². The van der Waals surface area contributed by atoms with E-state index in [4.69, 9.17) is 16.3 Å². The van der Waals surface area contributed by atoms with Gasteiger partial charge in [-0.05, 0) is 85.4 Å².